The van der Waals surface area contributed by atoms with Gasteiger partial charge in [-0.3, -0.25) is 4.79 Å². The molecule has 1 heterocycles. The van der Waals surface area contributed by atoms with Gasteiger partial charge in [-0.25, -0.2) is 0 Å². The molecule has 4 nitrogen and oxygen atoms in total. The molecule has 0 saturated heterocycles. The van der Waals surface area contributed by atoms with Crippen LogP contribution in [0.1, 0.15) is 54.1 Å². The second-order valence-corrected chi connectivity index (χ2v) is 9.67. The number of carbonyl (C=O) groups excluding carboxylic acids is 1. The summed E-state index contributed by atoms with van der Waals surface area (Å²) < 4.78 is 6.77. The van der Waals surface area contributed by atoms with Gasteiger partial charge in [0.2, 0.25) is 0 Å². The number of hydrogen-bond donors (Lipinski definition) is 1. The Morgan fingerprint density at radius 3 is 2.38 bits per heavy atom. The van der Waals surface area contributed by atoms with Gasteiger partial charge < -0.3 is 14.6 Å². The van der Waals surface area contributed by atoms with Crippen LogP contribution in [0.15, 0.2) is 51.4 Å². The van der Waals surface area contributed by atoms with Crippen LogP contribution in [0.2, 0.25) is 0 Å². The van der Waals surface area contributed by atoms with E-state index in [0.717, 1.165) is 15.4 Å². The number of amides is 1. The maximum atomic E-state index is 12.8. The van der Waals surface area contributed by atoms with Crippen LogP contribution in [0.25, 0.3) is 11.0 Å². The molecule has 3 aromatic rings. The standard InChI is InChI=1S/C24H29BrN2O2/c1-15-19-12-11-18(25)13-21(19)29-22(15)23(28)26-14-20(27(5)6)16-7-9-17(10-8-16)24(2,3)4/h7-13,20H,14H2,1-6H3,(H,26,28)/t20-/m0/s1. The minimum Gasteiger partial charge on any atom is -0.451 e. The number of halogens is 1. The third kappa shape index (κ3) is 4.73. The van der Waals surface area contributed by atoms with Crippen molar-refractivity contribution < 1.29 is 9.21 Å². The number of benzene rings is 2. The molecule has 0 saturated carbocycles. The van der Waals surface area contributed by atoms with Crippen LogP contribution < -0.4 is 5.32 Å². The lowest BCUT2D eigenvalue weighted by Crippen LogP contribution is -2.34. The lowest BCUT2D eigenvalue weighted by atomic mass is 9.86. The SMILES string of the molecule is Cc1c(C(=O)NC[C@@H](c2ccc(C(C)(C)C)cc2)N(C)C)oc2cc(Br)ccc12. The maximum Gasteiger partial charge on any atom is 0.287 e. The number of furan rings is 1. The van der Waals surface area contributed by atoms with E-state index in [1.165, 1.54) is 11.1 Å². The van der Waals surface area contributed by atoms with Crippen molar-refractivity contribution in [1.82, 2.24) is 10.2 Å². The van der Waals surface area contributed by atoms with Gasteiger partial charge in [0.05, 0.1) is 6.04 Å². The first-order valence-electron chi connectivity index (χ1n) is 9.81. The molecule has 0 aliphatic rings. The van der Waals surface area contributed by atoms with Crippen LogP contribution >= 0.6 is 15.9 Å². The number of carbonyl (C=O) groups is 1. The zero-order valence-electron chi connectivity index (χ0n) is 18.0. The van der Waals surface area contributed by atoms with E-state index in [2.05, 4.69) is 71.2 Å². The van der Waals surface area contributed by atoms with Crippen LogP contribution in [0.3, 0.4) is 0 Å². The molecule has 154 valence electrons. The topological polar surface area (TPSA) is 45.5 Å². The summed E-state index contributed by atoms with van der Waals surface area (Å²) in [6.45, 7) is 9.05. The quantitative estimate of drug-likeness (QED) is 0.524. The van der Waals surface area contributed by atoms with Gasteiger partial charge in [-0.2, -0.15) is 0 Å². The minimum atomic E-state index is -0.187. The minimum absolute atomic E-state index is 0.0757. The van der Waals surface area contributed by atoms with E-state index in [0.29, 0.717) is 17.9 Å². The van der Waals surface area contributed by atoms with Gasteiger partial charge in [-0.05, 0) is 55.8 Å². The number of hydrogen-bond acceptors (Lipinski definition) is 3. The first kappa shape index (κ1) is 21.6. The summed E-state index contributed by atoms with van der Waals surface area (Å²) in [5.41, 5.74) is 4.17. The fraction of sp³-hybridized carbons (Fsp3) is 0.375. The maximum absolute atomic E-state index is 12.8. The Morgan fingerprint density at radius 1 is 1.14 bits per heavy atom. The largest absolute Gasteiger partial charge is 0.451 e. The first-order chi connectivity index (χ1) is 13.6. The number of rotatable bonds is 5. The normalized spacial score (nSPS) is 13.1. The average Bonchev–Trinajstić information content (AvgIpc) is 2.97. The van der Waals surface area contributed by atoms with Gasteiger partial charge in [-0.1, -0.05) is 61.0 Å². The van der Waals surface area contributed by atoms with E-state index in [4.69, 9.17) is 4.42 Å². The Morgan fingerprint density at radius 2 is 1.79 bits per heavy atom. The van der Waals surface area contributed by atoms with E-state index in [1.54, 1.807) is 0 Å². The zero-order chi connectivity index (χ0) is 21.3. The van der Waals surface area contributed by atoms with Crippen LogP contribution in [-0.2, 0) is 5.41 Å². The van der Waals surface area contributed by atoms with Crippen molar-refractivity contribution in [2.75, 3.05) is 20.6 Å². The highest BCUT2D eigenvalue weighted by atomic mass is 79.9. The predicted octanol–water partition coefficient (Wildman–Crippen LogP) is 5.83. The Kier molecular flexibility index (Phi) is 6.20. The molecule has 0 spiro atoms. The molecule has 0 bridgehead atoms. The van der Waals surface area contributed by atoms with Crippen molar-refractivity contribution in [3.63, 3.8) is 0 Å². The van der Waals surface area contributed by atoms with E-state index in [1.807, 2.05) is 39.2 Å². The van der Waals surface area contributed by atoms with Crippen LogP contribution in [0, 0.1) is 6.92 Å². The number of fused-ring (bicyclic) bond motifs is 1. The summed E-state index contributed by atoms with van der Waals surface area (Å²) in [6.07, 6.45) is 0. The molecule has 0 radical (unpaired) electrons. The van der Waals surface area contributed by atoms with Gasteiger partial charge in [0.15, 0.2) is 5.76 Å². The highest BCUT2D eigenvalue weighted by Gasteiger charge is 2.21. The second kappa shape index (κ2) is 8.33. The molecule has 1 atom stereocenters. The first-order valence-corrected chi connectivity index (χ1v) is 10.6. The molecule has 0 aliphatic carbocycles. The number of nitrogens with zero attached hydrogens (tertiary/aromatic N) is 1. The lowest BCUT2D eigenvalue weighted by Gasteiger charge is -2.26. The smallest absolute Gasteiger partial charge is 0.287 e. The van der Waals surface area contributed by atoms with Gasteiger partial charge in [0.1, 0.15) is 5.58 Å². The van der Waals surface area contributed by atoms with Crippen molar-refractivity contribution >= 4 is 32.8 Å². The molecule has 29 heavy (non-hydrogen) atoms. The molecule has 1 aromatic heterocycles. The molecular weight excluding hydrogens is 428 g/mol. The predicted molar refractivity (Wildman–Crippen MR) is 123 cm³/mol. The Balaban J connectivity index is 1.77. The summed E-state index contributed by atoms with van der Waals surface area (Å²) >= 11 is 3.45. The van der Waals surface area contributed by atoms with Gasteiger partial charge >= 0.3 is 0 Å². The van der Waals surface area contributed by atoms with E-state index in [-0.39, 0.29) is 17.4 Å². The summed E-state index contributed by atoms with van der Waals surface area (Å²) in [5, 5.41) is 4.01. The van der Waals surface area contributed by atoms with Crippen molar-refractivity contribution in [3.8, 4) is 0 Å². The molecule has 5 heteroatoms. The zero-order valence-corrected chi connectivity index (χ0v) is 19.6. The van der Waals surface area contributed by atoms with E-state index in [9.17, 15) is 4.79 Å². The fourth-order valence-corrected chi connectivity index (χ4v) is 3.83. The Bertz CT molecular complexity index is 1010. The summed E-state index contributed by atoms with van der Waals surface area (Å²) in [5.74, 6) is 0.187. The molecule has 0 fully saturated rings. The van der Waals surface area contributed by atoms with Crippen LogP contribution in [-0.4, -0.2) is 31.4 Å². The summed E-state index contributed by atoms with van der Waals surface area (Å²) in [4.78, 5) is 14.9. The monoisotopic (exact) mass is 456 g/mol. The van der Waals surface area contributed by atoms with Crippen molar-refractivity contribution in [1.29, 1.82) is 0 Å². The average molecular weight is 457 g/mol. The van der Waals surface area contributed by atoms with Crippen molar-refractivity contribution in [2.24, 2.45) is 0 Å². The third-order valence-electron chi connectivity index (χ3n) is 5.35. The molecule has 0 aliphatic heterocycles. The van der Waals surface area contributed by atoms with Gasteiger partial charge in [0, 0.05) is 22.0 Å². The number of nitrogens with one attached hydrogen (secondary N) is 1. The Labute approximate surface area is 181 Å². The van der Waals surface area contributed by atoms with Crippen molar-refractivity contribution in [3.05, 3.63) is 69.4 Å². The van der Waals surface area contributed by atoms with Crippen LogP contribution in [0.5, 0.6) is 0 Å². The third-order valence-corrected chi connectivity index (χ3v) is 5.84. The Hall–Kier alpha value is -2.11. The van der Waals surface area contributed by atoms with Gasteiger partial charge in [-0.15, -0.1) is 0 Å². The summed E-state index contributed by atoms with van der Waals surface area (Å²) in [6, 6.07) is 14.5. The van der Waals surface area contributed by atoms with Gasteiger partial charge in [0.25, 0.3) is 5.91 Å². The fourth-order valence-electron chi connectivity index (χ4n) is 3.49. The van der Waals surface area contributed by atoms with Crippen LogP contribution in [0.4, 0.5) is 0 Å². The number of likely N-dealkylation sites (N-methyl/N-ethyl adjacent to an activating group) is 1. The molecule has 1 N–H and O–H groups in total. The van der Waals surface area contributed by atoms with Crippen molar-refractivity contribution in [2.45, 2.75) is 39.2 Å². The number of aryl methyl sites for hydroxylation is 1. The molecule has 2 aromatic carbocycles. The molecular formula is C24H29BrN2O2. The lowest BCUT2D eigenvalue weighted by molar-refractivity contribution is 0.0915. The molecule has 3 rings (SSSR count). The van der Waals surface area contributed by atoms with E-state index >= 15 is 0 Å². The molecule has 1 amide bonds. The highest BCUT2D eigenvalue weighted by molar-refractivity contribution is 9.10. The van der Waals surface area contributed by atoms with E-state index < -0.39 is 0 Å². The summed E-state index contributed by atoms with van der Waals surface area (Å²) in [7, 11) is 4.05. The second-order valence-electron chi connectivity index (χ2n) is 8.76. The highest BCUT2D eigenvalue weighted by Crippen LogP contribution is 2.28. The molecule has 0 unspecified atom stereocenters.